The van der Waals surface area contributed by atoms with E-state index in [9.17, 15) is 58.3 Å². The molecule has 3 heterocycles. The van der Waals surface area contributed by atoms with Crippen LogP contribution in [0.1, 0.15) is 78.3 Å². The van der Waals surface area contributed by atoms with Crippen LogP contribution in [0.25, 0.3) is 10.8 Å². The first-order chi connectivity index (χ1) is 28.8. The minimum atomic E-state index is -5.01. The van der Waals surface area contributed by atoms with Crippen LogP contribution in [0.3, 0.4) is 0 Å². The maximum atomic E-state index is 14.7. The molecule has 3 N–H and O–H groups in total. The lowest BCUT2D eigenvalue weighted by atomic mass is 9.88. The van der Waals surface area contributed by atoms with E-state index in [1.165, 1.54) is 25.3 Å². The van der Waals surface area contributed by atoms with Crippen LogP contribution in [-0.2, 0) is 35.3 Å². The molecule has 1 saturated heterocycles. The number of methoxy groups -OCH3 is 1. The van der Waals surface area contributed by atoms with Crippen molar-refractivity contribution in [2.24, 2.45) is 17.8 Å². The lowest BCUT2D eigenvalue weighted by molar-refractivity contribution is -0.244. The van der Waals surface area contributed by atoms with Crippen LogP contribution < -0.4 is 24.8 Å². The van der Waals surface area contributed by atoms with Crippen molar-refractivity contribution in [2.45, 2.75) is 119 Å². The molecular formula is C40H48F7N5O9S. The summed E-state index contributed by atoms with van der Waals surface area (Å²) in [4.78, 5) is 60.9. The SMILES string of the molecule is COc1ccc2c(O[C@@H]3C[C@H]4C(=O)N[C@]5(C(=O)NS(=O)(=O)C6(CF)CC6)C[C@H]5/C=C\CC[C@@H](C)C[C@@H](C)[C@H](NC(=O)OC(C)(C)C(F)(F)F)C(=O)N4C3)nc(C(F)(F)F)cc2c1. The first kappa shape index (κ1) is 46.6. The monoisotopic (exact) mass is 907 g/mol. The molecule has 4 amide bonds. The molecule has 1 aromatic heterocycles. The molecule has 0 bridgehead atoms. The lowest BCUT2D eigenvalue weighted by Gasteiger charge is -2.34. The molecule has 1 aromatic carbocycles. The van der Waals surface area contributed by atoms with Crippen molar-refractivity contribution in [3.63, 3.8) is 0 Å². The number of alkyl halides is 7. The number of nitrogens with one attached hydrogen (secondary N) is 3. The van der Waals surface area contributed by atoms with E-state index in [1.54, 1.807) is 19.1 Å². The molecule has 0 unspecified atom stereocenters. The number of alkyl carbamates (subject to hydrolysis) is 1. The number of pyridine rings is 1. The van der Waals surface area contributed by atoms with Crippen LogP contribution in [-0.4, -0.2) is 103 Å². The standard InChI is InChI=1S/C40H48F7N5O9S/c1-21-8-6-7-9-24-18-38(24,34(55)51-62(57,58)37(20-41)12-13-37)50-31(53)28-17-26(60-32-27-11-10-25(59-5)15-23(27)16-29(48-32)39(42,43)44)19-52(28)33(54)30(22(2)14-21)49-35(56)61-36(3,4)40(45,46)47/h7,9-11,15-16,21-22,24,26,28,30H,6,8,12-14,17-20H2,1-5H3,(H,49,56)(H,50,53)(H,51,55)/b9-7-/t21-,22-,24-,26-,28+,30+,38-/m1/s1. The first-order valence-corrected chi connectivity index (χ1v) is 21.5. The number of nitrogens with zero attached hydrogens (tertiary/aromatic N) is 2. The van der Waals surface area contributed by atoms with Gasteiger partial charge < -0.3 is 29.7 Å². The van der Waals surface area contributed by atoms with Crippen LogP contribution in [0.5, 0.6) is 11.6 Å². The van der Waals surface area contributed by atoms with Gasteiger partial charge in [0.05, 0.1) is 13.7 Å². The maximum absolute atomic E-state index is 14.7. The Morgan fingerprint density at radius 2 is 1.74 bits per heavy atom. The van der Waals surface area contributed by atoms with Gasteiger partial charge in [-0.05, 0) is 93.9 Å². The van der Waals surface area contributed by atoms with Crippen LogP contribution in [0.4, 0.5) is 35.5 Å². The fourth-order valence-corrected chi connectivity index (χ4v) is 9.35. The number of sulfonamides is 1. The number of ether oxygens (including phenoxy) is 3. The number of benzene rings is 1. The van der Waals surface area contributed by atoms with Gasteiger partial charge in [0.1, 0.15) is 46.6 Å². The van der Waals surface area contributed by atoms with Crippen LogP contribution in [0, 0.1) is 17.8 Å². The Hall–Kier alpha value is -4.89. The van der Waals surface area contributed by atoms with E-state index in [1.807, 2.05) is 11.6 Å². The number of carbonyl (C=O) groups is 4. The van der Waals surface area contributed by atoms with E-state index in [0.29, 0.717) is 26.7 Å². The third kappa shape index (κ3) is 9.39. The maximum Gasteiger partial charge on any atom is 0.433 e. The number of rotatable bonds is 9. The van der Waals surface area contributed by atoms with Crippen molar-refractivity contribution in [3.8, 4) is 11.6 Å². The molecule has 2 aromatic rings. The fraction of sp³-hybridized carbons (Fsp3) is 0.625. The summed E-state index contributed by atoms with van der Waals surface area (Å²) >= 11 is 0. The molecule has 342 valence electrons. The summed E-state index contributed by atoms with van der Waals surface area (Å²) in [7, 11) is -3.24. The van der Waals surface area contributed by atoms with Gasteiger partial charge in [-0.15, -0.1) is 0 Å². The van der Waals surface area contributed by atoms with E-state index >= 15 is 0 Å². The molecule has 7 atom stereocenters. The highest BCUT2D eigenvalue weighted by molar-refractivity contribution is 7.91. The Morgan fingerprint density at radius 3 is 2.35 bits per heavy atom. The summed E-state index contributed by atoms with van der Waals surface area (Å²) in [5, 5.41) is 4.97. The Labute approximate surface area is 352 Å². The van der Waals surface area contributed by atoms with E-state index in [4.69, 9.17) is 14.2 Å². The normalized spacial score (nSPS) is 28.6. The number of carbonyl (C=O) groups excluding carboxylic acids is 4. The van der Waals surface area contributed by atoms with Gasteiger partial charge in [0, 0.05) is 17.7 Å². The zero-order chi connectivity index (χ0) is 45.8. The number of fused-ring (bicyclic) bond motifs is 3. The van der Waals surface area contributed by atoms with E-state index in [-0.39, 0.29) is 48.1 Å². The summed E-state index contributed by atoms with van der Waals surface area (Å²) in [5.41, 5.74) is -6.23. The second-order valence-corrected chi connectivity index (χ2v) is 19.3. The van der Waals surface area contributed by atoms with Crippen LogP contribution in [0.2, 0.25) is 0 Å². The Bertz CT molecular complexity index is 2230. The van der Waals surface area contributed by atoms with Crippen molar-refractivity contribution in [2.75, 3.05) is 20.3 Å². The van der Waals surface area contributed by atoms with Gasteiger partial charge in [0.15, 0.2) is 0 Å². The highest BCUT2D eigenvalue weighted by Gasteiger charge is 2.64. The van der Waals surface area contributed by atoms with E-state index in [0.717, 1.165) is 11.0 Å². The molecule has 3 fully saturated rings. The summed E-state index contributed by atoms with van der Waals surface area (Å²) in [6.45, 7) is 2.83. The molecule has 0 spiro atoms. The van der Waals surface area contributed by atoms with Gasteiger partial charge in [-0.1, -0.05) is 26.0 Å². The van der Waals surface area contributed by atoms with Gasteiger partial charge in [0.2, 0.25) is 33.3 Å². The third-order valence-electron chi connectivity index (χ3n) is 12.1. The van der Waals surface area contributed by atoms with Crippen molar-refractivity contribution >= 4 is 44.6 Å². The van der Waals surface area contributed by atoms with Crippen molar-refractivity contribution in [3.05, 3.63) is 42.1 Å². The summed E-state index contributed by atoms with van der Waals surface area (Å²) in [6, 6.07) is 1.69. The van der Waals surface area contributed by atoms with Gasteiger partial charge in [-0.3, -0.25) is 19.1 Å². The predicted molar refractivity (Wildman–Crippen MR) is 207 cm³/mol. The minimum Gasteiger partial charge on any atom is -0.497 e. The zero-order valence-corrected chi connectivity index (χ0v) is 35.2. The molecule has 0 radical (unpaired) electrons. The molecular weight excluding hydrogens is 860 g/mol. The first-order valence-electron chi connectivity index (χ1n) is 20.0. The third-order valence-corrected chi connectivity index (χ3v) is 14.3. The minimum absolute atomic E-state index is 0.0207. The molecule has 2 aliphatic heterocycles. The second-order valence-electron chi connectivity index (χ2n) is 17.2. The second kappa shape index (κ2) is 16.7. The van der Waals surface area contributed by atoms with Gasteiger partial charge in [0.25, 0.3) is 5.91 Å². The molecule has 4 aliphatic rings. The van der Waals surface area contributed by atoms with E-state index < -0.39 is 123 Å². The number of hydrogen-bond acceptors (Lipinski definition) is 10. The fourth-order valence-electron chi connectivity index (χ4n) is 7.92. The molecule has 6 rings (SSSR count). The highest BCUT2D eigenvalue weighted by atomic mass is 32.2. The Balaban J connectivity index is 1.39. The number of amides is 4. The van der Waals surface area contributed by atoms with Crippen LogP contribution >= 0.6 is 0 Å². The van der Waals surface area contributed by atoms with Gasteiger partial charge in [-0.2, -0.15) is 26.3 Å². The van der Waals surface area contributed by atoms with E-state index in [2.05, 4.69) is 15.6 Å². The van der Waals surface area contributed by atoms with Crippen LogP contribution in [0.15, 0.2) is 36.4 Å². The zero-order valence-electron chi connectivity index (χ0n) is 34.4. The van der Waals surface area contributed by atoms with Crippen molar-refractivity contribution in [1.82, 2.24) is 25.2 Å². The van der Waals surface area contributed by atoms with Crippen molar-refractivity contribution in [1.29, 1.82) is 0 Å². The predicted octanol–water partition coefficient (Wildman–Crippen LogP) is 5.88. The molecule has 2 saturated carbocycles. The highest BCUT2D eigenvalue weighted by Crippen LogP contribution is 2.48. The summed E-state index contributed by atoms with van der Waals surface area (Å²) in [5.74, 6) is -5.21. The number of hydrogen-bond donors (Lipinski definition) is 3. The molecule has 62 heavy (non-hydrogen) atoms. The smallest absolute Gasteiger partial charge is 0.433 e. The average Bonchev–Trinajstić information content (AvgIpc) is 4.08. The van der Waals surface area contributed by atoms with Crippen molar-refractivity contribution < 1.29 is 72.5 Å². The molecule has 22 heteroatoms. The number of aromatic nitrogens is 1. The van der Waals surface area contributed by atoms with Gasteiger partial charge >= 0.3 is 18.4 Å². The topological polar surface area (TPSA) is 182 Å². The number of allylic oxidation sites excluding steroid dienone is 1. The molecule has 14 nitrogen and oxygen atoms in total. The van der Waals surface area contributed by atoms with Gasteiger partial charge in [-0.25, -0.2) is 22.6 Å². The lowest BCUT2D eigenvalue weighted by Crippen LogP contribution is -2.60. The summed E-state index contributed by atoms with van der Waals surface area (Å²) < 4.78 is 140. The molecule has 2 aliphatic carbocycles. The average molecular weight is 908 g/mol. The Morgan fingerprint density at radius 1 is 1.05 bits per heavy atom. The Kier molecular flexibility index (Phi) is 12.5. The summed E-state index contributed by atoms with van der Waals surface area (Å²) in [6.07, 6.45) is -8.95. The largest absolute Gasteiger partial charge is 0.497 e. The quantitative estimate of drug-likeness (QED) is 0.203. The number of halogens is 7.